The molecule has 4 nitrogen and oxygen atoms in total. The highest BCUT2D eigenvalue weighted by Gasteiger charge is 2.06. The van der Waals surface area contributed by atoms with Crippen molar-refractivity contribution in [3.05, 3.63) is 41.0 Å². The molecule has 0 fully saturated rings. The van der Waals surface area contributed by atoms with E-state index in [4.69, 9.17) is 5.73 Å². The number of aromatic nitrogens is 3. The van der Waals surface area contributed by atoms with Crippen molar-refractivity contribution >= 4 is 32.8 Å². The largest absolute Gasteiger partial charge is 0.399 e. The number of benzene rings is 1. The highest BCUT2D eigenvalue weighted by Crippen LogP contribution is 2.22. The number of hydrogen-bond acceptors (Lipinski definition) is 3. The van der Waals surface area contributed by atoms with E-state index in [0.29, 0.717) is 5.65 Å². The lowest BCUT2D eigenvalue weighted by Gasteiger charge is -1.97. The van der Waals surface area contributed by atoms with Gasteiger partial charge in [-0.05, 0) is 34.1 Å². The maximum absolute atomic E-state index is 5.75. The van der Waals surface area contributed by atoms with Crippen molar-refractivity contribution in [2.24, 2.45) is 0 Å². The number of anilines is 1. The molecule has 3 N–H and O–H groups in total. The van der Waals surface area contributed by atoms with Gasteiger partial charge in [-0.1, -0.05) is 12.1 Å². The van der Waals surface area contributed by atoms with Gasteiger partial charge in [0.05, 0.1) is 5.52 Å². The van der Waals surface area contributed by atoms with Crippen LogP contribution in [-0.2, 0) is 0 Å². The average molecular weight is 289 g/mol. The predicted octanol–water partition coefficient (Wildman–Crippen LogP) is 2.97. The molecule has 0 amide bonds. The monoisotopic (exact) mass is 288 g/mol. The molecule has 0 saturated carbocycles. The lowest BCUT2D eigenvalue weighted by molar-refractivity contribution is 1.30. The van der Waals surface area contributed by atoms with E-state index < -0.39 is 0 Å². The van der Waals surface area contributed by atoms with Crippen LogP contribution in [0.15, 0.2) is 41.0 Å². The summed E-state index contributed by atoms with van der Waals surface area (Å²) in [5.74, 6) is 0.776. The number of nitrogens with two attached hydrogens (primary N) is 1. The first-order valence-electron chi connectivity index (χ1n) is 5.09. The zero-order valence-electron chi connectivity index (χ0n) is 8.81. The van der Waals surface area contributed by atoms with Crippen LogP contribution in [0, 0.1) is 0 Å². The van der Waals surface area contributed by atoms with Gasteiger partial charge < -0.3 is 10.7 Å². The summed E-state index contributed by atoms with van der Waals surface area (Å²) in [5.41, 5.74) is 9.03. The molecule has 84 valence electrons. The number of nitrogens with zero attached hydrogens (tertiary/aromatic N) is 2. The second-order valence-corrected chi connectivity index (χ2v) is 4.65. The van der Waals surface area contributed by atoms with Gasteiger partial charge in [-0.2, -0.15) is 0 Å². The molecule has 17 heavy (non-hydrogen) atoms. The normalized spacial score (nSPS) is 10.9. The van der Waals surface area contributed by atoms with Gasteiger partial charge in [-0.15, -0.1) is 0 Å². The van der Waals surface area contributed by atoms with E-state index in [1.165, 1.54) is 0 Å². The number of fused-ring (bicyclic) bond motifs is 1. The van der Waals surface area contributed by atoms with Crippen LogP contribution in [0.3, 0.4) is 0 Å². The summed E-state index contributed by atoms with van der Waals surface area (Å²) in [7, 11) is 0. The maximum atomic E-state index is 5.75. The summed E-state index contributed by atoms with van der Waals surface area (Å²) in [6.45, 7) is 0. The Hall–Kier alpha value is -1.88. The second kappa shape index (κ2) is 3.85. The molecule has 0 spiro atoms. The van der Waals surface area contributed by atoms with Crippen molar-refractivity contribution in [3.63, 3.8) is 0 Å². The highest BCUT2D eigenvalue weighted by molar-refractivity contribution is 9.10. The first-order valence-corrected chi connectivity index (χ1v) is 5.89. The number of halogens is 1. The second-order valence-electron chi connectivity index (χ2n) is 3.74. The molecule has 2 aromatic heterocycles. The van der Waals surface area contributed by atoms with E-state index in [9.17, 15) is 0 Å². The van der Waals surface area contributed by atoms with Crippen LogP contribution in [-0.4, -0.2) is 15.0 Å². The number of hydrogen-bond donors (Lipinski definition) is 2. The molecule has 1 aromatic carbocycles. The molecule has 0 aliphatic heterocycles. The molecule has 2 heterocycles. The first kappa shape index (κ1) is 10.3. The van der Waals surface area contributed by atoms with Gasteiger partial charge in [-0.25, -0.2) is 9.97 Å². The Balaban J connectivity index is 2.18. The highest BCUT2D eigenvalue weighted by atomic mass is 79.9. The standard InChI is InChI=1S/C12H9BrN4/c13-8-5-10-12(15-6-8)17-11(16-10)7-2-1-3-9(14)4-7/h1-6H,14H2,(H,15,16,17). The molecule has 3 aromatic rings. The fourth-order valence-corrected chi connectivity index (χ4v) is 2.03. The lowest BCUT2D eigenvalue weighted by Crippen LogP contribution is -1.86. The smallest absolute Gasteiger partial charge is 0.178 e. The molecule has 0 saturated heterocycles. The van der Waals surface area contributed by atoms with Crippen molar-refractivity contribution < 1.29 is 0 Å². The van der Waals surface area contributed by atoms with E-state index in [0.717, 1.165) is 27.1 Å². The molecular weight excluding hydrogens is 280 g/mol. The van der Waals surface area contributed by atoms with Crippen molar-refractivity contribution in [1.82, 2.24) is 15.0 Å². The molecule has 3 rings (SSSR count). The van der Waals surface area contributed by atoms with E-state index >= 15 is 0 Å². The Bertz CT molecular complexity index is 690. The number of pyridine rings is 1. The third-order valence-corrected chi connectivity index (χ3v) is 2.90. The molecule has 0 aliphatic carbocycles. The predicted molar refractivity (Wildman–Crippen MR) is 71.4 cm³/mol. The summed E-state index contributed by atoms with van der Waals surface area (Å²) in [6.07, 6.45) is 1.73. The van der Waals surface area contributed by atoms with Gasteiger partial charge in [0.2, 0.25) is 0 Å². The fraction of sp³-hybridized carbons (Fsp3) is 0. The number of nitrogens with one attached hydrogen (secondary N) is 1. The van der Waals surface area contributed by atoms with Crippen molar-refractivity contribution in [1.29, 1.82) is 0 Å². The van der Waals surface area contributed by atoms with E-state index in [1.807, 2.05) is 30.3 Å². The van der Waals surface area contributed by atoms with Crippen molar-refractivity contribution in [2.75, 3.05) is 5.73 Å². The first-order chi connectivity index (χ1) is 8.22. The molecule has 0 aliphatic rings. The van der Waals surface area contributed by atoms with Gasteiger partial charge in [0.1, 0.15) is 5.82 Å². The minimum Gasteiger partial charge on any atom is -0.399 e. The van der Waals surface area contributed by atoms with Crippen LogP contribution in [0.4, 0.5) is 5.69 Å². The molecule has 5 heteroatoms. The lowest BCUT2D eigenvalue weighted by atomic mass is 10.2. The van der Waals surface area contributed by atoms with Crippen LogP contribution in [0.1, 0.15) is 0 Å². The third-order valence-electron chi connectivity index (χ3n) is 2.46. The van der Waals surface area contributed by atoms with Crippen LogP contribution in [0.2, 0.25) is 0 Å². The summed E-state index contributed by atoms with van der Waals surface area (Å²) in [4.78, 5) is 11.9. The van der Waals surface area contributed by atoms with Gasteiger partial charge >= 0.3 is 0 Å². The zero-order chi connectivity index (χ0) is 11.8. The van der Waals surface area contributed by atoms with E-state index in [2.05, 4.69) is 30.9 Å². The number of nitrogen functional groups attached to an aromatic ring is 1. The van der Waals surface area contributed by atoms with Crippen molar-refractivity contribution in [3.8, 4) is 11.4 Å². The minimum absolute atomic E-state index is 0.700. The fourth-order valence-electron chi connectivity index (χ4n) is 1.70. The maximum Gasteiger partial charge on any atom is 0.178 e. The summed E-state index contributed by atoms with van der Waals surface area (Å²) in [5, 5.41) is 0. The van der Waals surface area contributed by atoms with Gasteiger partial charge in [0.15, 0.2) is 5.65 Å². The third kappa shape index (κ3) is 1.89. The Kier molecular flexibility index (Phi) is 2.33. The van der Waals surface area contributed by atoms with Gasteiger partial charge in [0.25, 0.3) is 0 Å². The van der Waals surface area contributed by atoms with E-state index in [1.54, 1.807) is 6.20 Å². The molecule has 0 unspecified atom stereocenters. The van der Waals surface area contributed by atoms with Gasteiger partial charge in [0, 0.05) is 21.9 Å². The van der Waals surface area contributed by atoms with Crippen molar-refractivity contribution in [2.45, 2.75) is 0 Å². The minimum atomic E-state index is 0.700. The van der Waals surface area contributed by atoms with Crippen LogP contribution < -0.4 is 5.73 Å². The van der Waals surface area contributed by atoms with Crippen LogP contribution in [0.5, 0.6) is 0 Å². The quantitative estimate of drug-likeness (QED) is 0.677. The molecule has 0 radical (unpaired) electrons. The Morgan fingerprint density at radius 3 is 2.94 bits per heavy atom. The number of aromatic amines is 1. The van der Waals surface area contributed by atoms with Crippen LogP contribution >= 0.6 is 15.9 Å². The molecule has 0 bridgehead atoms. The summed E-state index contributed by atoms with van der Waals surface area (Å²) >= 11 is 3.38. The topological polar surface area (TPSA) is 67.6 Å². The van der Waals surface area contributed by atoms with E-state index in [-0.39, 0.29) is 0 Å². The SMILES string of the molecule is Nc1cccc(-c2nc3ncc(Br)cc3[nH]2)c1. The van der Waals surface area contributed by atoms with Crippen LogP contribution in [0.25, 0.3) is 22.6 Å². The molecular formula is C12H9BrN4. The average Bonchev–Trinajstić information content (AvgIpc) is 2.72. The number of H-pyrrole nitrogens is 1. The zero-order valence-corrected chi connectivity index (χ0v) is 10.4. The number of rotatable bonds is 1. The Morgan fingerprint density at radius 1 is 1.24 bits per heavy atom. The Morgan fingerprint density at radius 2 is 2.12 bits per heavy atom. The Labute approximate surface area is 106 Å². The van der Waals surface area contributed by atoms with Gasteiger partial charge in [-0.3, -0.25) is 0 Å². The summed E-state index contributed by atoms with van der Waals surface area (Å²) in [6, 6.07) is 9.54. The molecule has 0 atom stereocenters. The number of imidazole rings is 1. The summed E-state index contributed by atoms with van der Waals surface area (Å²) < 4.78 is 0.924.